The molecular formula is C20H20BrN3O4S2. The first-order chi connectivity index (χ1) is 14.4. The van der Waals surface area contributed by atoms with Crippen molar-refractivity contribution in [3.05, 3.63) is 46.9 Å². The first-order valence-electron chi connectivity index (χ1n) is 9.38. The van der Waals surface area contributed by atoms with Gasteiger partial charge in [-0.15, -0.1) is 0 Å². The molecule has 10 heteroatoms. The smallest absolute Gasteiger partial charge is 0.243 e. The molecule has 1 aromatic heterocycles. The lowest BCUT2D eigenvalue weighted by atomic mass is 9.97. The predicted octanol–water partition coefficient (Wildman–Crippen LogP) is 4.11. The molecule has 2 heterocycles. The van der Waals surface area contributed by atoms with Crippen molar-refractivity contribution in [2.24, 2.45) is 5.92 Å². The highest BCUT2D eigenvalue weighted by Crippen LogP contribution is 2.30. The molecule has 1 saturated heterocycles. The Bertz CT molecular complexity index is 1170. The van der Waals surface area contributed by atoms with Crippen LogP contribution in [0, 0.1) is 5.92 Å². The molecule has 1 fully saturated rings. The number of nitrogens with one attached hydrogen (secondary N) is 1. The molecule has 1 aliphatic heterocycles. The van der Waals surface area contributed by atoms with Crippen molar-refractivity contribution in [2.75, 3.05) is 25.5 Å². The van der Waals surface area contributed by atoms with E-state index >= 15 is 0 Å². The summed E-state index contributed by atoms with van der Waals surface area (Å²) in [6.07, 6.45) is 0.940. The van der Waals surface area contributed by atoms with Crippen molar-refractivity contribution in [3.8, 4) is 5.75 Å². The van der Waals surface area contributed by atoms with Gasteiger partial charge in [-0.05, 0) is 55.3 Å². The van der Waals surface area contributed by atoms with E-state index in [1.54, 1.807) is 24.3 Å². The molecule has 7 nitrogen and oxygen atoms in total. The van der Waals surface area contributed by atoms with Crippen LogP contribution in [0.3, 0.4) is 0 Å². The summed E-state index contributed by atoms with van der Waals surface area (Å²) < 4.78 is 34.2. The van der Waals surface area contributed by atoms with Crippen molar-refractivity contribution >= 4 is 58.5 Å². The Morgan fingerprint density at radius 3 is 2.57 bits per heavy atom. The average molecular weight is 510 g/mol. The number of methoxy groups -OCH3 is 1. The third-order valence-electron chi connectivity index (χ3n) is 5.10. The molecule has 158 valence electrons. The third kappa shape index (κ3) is 4.36. The van der Waals surface area contributed by atoms with E-state index in [4.69, 9.17) is 4.74 Å². The number of thiazole rings is 1. The lowest BCUT2D eigenvalue weighted by Crippen LogP contribution is -2.41. The van der Waals surface area contributed by atoms with Crippen LogP contribution >= 0.6 is 27.3 Å². The molecule has 0 bridgehead atoms. The van der Waals surface area contributed by atoms with E-state index in [-0.39, 0.29) is 16.7 Å². The van der Waals surface area contributed by atoms with E-state index in [0.29, 0.717) is 36.8 Å². The minimum Gasteiger partial charge on any atom is -0.497 e. The second kappa shape index (κ2) is 8.62. The van der Waals surface area contributed by atoms with Crippen molar-refractivity contribution in [2.45, 2.75) is 17.7 Å². The minimum absolute atomic E-state index is 0.116. The van der Waals surface area contributed by atoms with Crippen LogP contribution < -0.4 is 10.1 Å². The Hall–Kier alpha value is -2.01. The molecule has 3 aromatic rings. The normalized spacial score (nSPS) is 15.9. The van der Waals surface area contributed by atoms with Gasteiger partial charge in [0.1, 0.15) is 5.75 Å². The Kier molecular flexibility index (Phi) is 6.10. The standard InChI is InChI=1S/C20H20BrN3O4S2/c1-28-15-3-5-16(6-4-15)30(26,27)24-10-8-13(9-11-24)19(25)23-20-22-17-7-2-14(21)12-18(17)29-20/h2-7,12-13H,8-11H2,1H3,(H,22,23,25). The fourth-order valence-corrected chi connectivity index (χ4v) is 6.30. The van der Waals surface area contributed by atoms with Gasteiger partial charge in [-0.1, -0.05) is 27.3 Å². The molecule has 1 aliphatic rings. The number of hydrogen-bond acceptors (Lipinski definition) is 6. The Labute approximate surface area is 187 Å². The molecule has 0 unspecified atom stereocenters. The van der Waals surface area contributed by atoms with Gasteiger partial charge in [-0.3, -0.25) is 4.79 Å². The minimum atomic E-state index is -3.59. The maximum atomic E-state index is 12.9. The number of carbonyl (C=O) groups excluding carboxylic acids is 1. The number of benzene rings is 2. The number of rotatable bonds is 5. The maximum absolute atomic E-state index is 12.9. The van der Waals surface area contributed by atoms with E-state index in [1.165, 1.54) is 22.8 Å². The molecule has 0 radical (unpaired) electrons. The number of anilines is 1. The third-order valence-corrected chi connectivity index (χ3v) is 8.44. The van der Waals surface area contributed by atoms with Crippen LogP contribution in [-0.4, -0.2) is 43.8 Å². The first-order valence-corrected chi connectivity index (χ1v) is 12.4. The van der Waals surface area contributed by atoms with Gasteiger partial charge in [-0.25, -0.2) is 13.4 Å². The van der Waals surface area contributed by atoms with Gasteiger partial charge in [0.2, 0.25) is 15.9 Å². The summed E-state index contributed by atoms with van der Waals surface area (Å²) in [6, 6.07) is 12.1. The predicted molar refractivity (Wildman–Crippen MR) is 120 cm³/mol. The van der Waals surface area contributed by atoms with Crippen LogP contribution in [0.25, 0.3) is 10.2 Å². The molecular weight excluding hydrogens is 490 g/mol. The highest BCUT2D eigenvalue weighted by atomic mass is 79.9. The zero-order valence-corrected chi connectivity index (χ0v) is 19.4. The zero-order chi connectivity index (χ0) is 21.3. The number of hydrogen-bond donors (Lipinski definition) is 1. The van der Waals surface area contributed by atoms with Crippen LogP contribution in [0.1, 0.15) is 12.8 Å². The second-order valence-corrected chi connectivity index (χ2v) is 10.9. The maximum Gasteiger partial charge on any atom is 0.243 e. The molecule has 0 aliphatic carbocycles. The Morgan fingerprint density at radius 1 is 1.20 bits per heavy atom. The molecule has 0 spiro atoms. The van der Waals surface area contributed by atoms with Gasteiger partial charge in [0.15, 0.2) is 5.13 Å². The van der Waals surface area contributed by atoms with Crippen LogP contribution in [0.15, 0.2) is 51.8 Å². The van der Waals surface area contributed by atoms with E-state index in [1.807, 2.05) is 18.2 Å². The summed E-state index contributed by atoms with van der Waals surface area (Å²) in [6.45, 7) is 0.610. The number of carbonyl (C=O) groups is 1. The molecule has 2 aromatic carbocycles. The van der Waals surface area contributed by atoms with Crippen molar-refractivity contribution in [1.29, 1.82) is 0 Å². The molecule has 0 atom stereocenters. The number of fused-ring (bicyclic) bond motifs is 1. The van der Waals surface area contributed by atoms with Crippen molar-refractivity contribution < 1.29 is 17.9 Å². The summed E-state index contributed by atoms with van der Waals surface area (Å²) >= 11 is 4.85. The zero-order valence-electron chi connectivity index (χ0n) is 16.2. The SMILES string of the molecule is COc1ccc(S(=O)(=O)N2CCC(C(=O)Nc3nc4ccc(Br)cc4s3)CC2)cc1. The summed E-state index contributed by atoms with van der Waals surface area (Å²) in [5.41, 5.74) is 0.832. The molecule has 0 saturated carbocycles. The summed E-state index contributed by atoms with van der Waals surface area (Å²) in [5.74, 6) is 0.243. The number of aromatic nitrogens is 1. The van der Waals surface area contributed by atoms with Gasteiger partial charge in [0, 0.05) is 23.5 Å². The van der Waals surface area contributed by atoms with Gasteiger partial charge >= 0.3 is 0 Å². The van der Waals surface area contributed by atoms with Gasteiger partial charge in [-0.2, -0.15) is 4.31 Å². The van der Waals surface area contributed by atoms with E-state index in [0.717, 1.165) is 14.7 Å². The number of amides is 1. The Morgan fingerprint density at radius 2 is 1.90 bits per heavy atom. The molecule has 1 N–H and O–H groups in total. The van der Waals surface area contributed by atoms with Gasteiger partial charge in [0.05, 0.1) is 22.2 Å². The largest absolute Gasteiger partial charge is 0.497 e. The topological polar surface area (TPSA) is 88.6 Å². The monoisotopic (exact) mass is 509 g/mol. The average Bonchev–Trinajstić information content (AvgIpc) is 3.15. The number of halogens is 1. The fourth-order valence-electron chi connectivity index (χ4n) is 3.41. The van der Waals surface area contributed by atoms with Crippen molar-refractivity contribution in [3.63, 3.8) is 0 Å². The number of ether oxygens (including phenoxy) is 1. The summed E-state index contributed by atoms with van der Waals surface area (Å²) in [5, 5.41) is 3.45. The fraction of sp³-hybridized carbons (Fsp3) is 0.300. The lowest BCUT2D eigenvalue weighted by molar-refractivity contribution is -0.120. The molecule has 30 heavy (non-hydrogen) atoms. The first kappa shape index (κ1) is 21.2. The van der Waals surface area contributed by atoms with Crippen LogP contribution in [0.2, 0.25) is 0 Å². The van der Waals surface area contributed by atoms with Gasteiger partial charge in [0.25, 0.3) is 0 Å². The lowest BCUT2D eigenvalue weighted by Gasteiger charge is -2.30. The number of sulfonamides is 1. The van der Waals surface area contributed by atoms with Crippen LogP contribution in [0.4, 0.5) is 5.13 Å². The molecule has 4 rings (SSSR count). The van der Waals surface area contributed by atoms with E-state index in [9.17, 15) is 13.2 Å². The number of nitrogens with zero attached hydrogens (tertiary/aromatic N) is 2. The van der Waals surface area contributed by atoms with E-state index in [2.05, 4.69) is 26.2 Å². The van der Waals surface area contributed by atoms with Gasteiger partial charge < -0.3 is 10.1 Å². The molecule has 1 amide bonds. The van der Waals surface area contributed by atoms with Crippen LogP contribution in [-0.2, 0) is 14.8 Å². The Balaban J connectivity index is 1.38. The quantitative estimate of drug-likeness (QED) is 0.558. The van der Waals surface area contributed by atoms with Crippen molar-refractivity contribution in [1.82, 2.24) is 9.29 Å². The van der Waals surface area contributed by atoms with E-state index < -0.39 is 10.0 Å². The van der Waals surface area contributed by atoms with Crippen LogP contribution in [0.5, 0.6) is 5.75 Å². The highest BCUT2D eigenvalue weighted by molar-refractivity contribution is 9.10. The number of piperidine rings is 1. The highest BCUT2D eigenvalue weighted by Gasteiger charge is 2.32. The second-order valence-electron chi connectivity index (χ2n) is 6.97. The summed E-state index contributed by atoms with van der Waals surface area (Å²) in [4.78, 5) is 17.3. The summed E-state index contributed by atoms with van der Waals surface area (Å²) in [7, 11) is -2.05.